The molecule has 126 valence electrons. The van der Waals surface area contributed by atoms with Crippen molar-refractivity contribution in [3.63, 3.8) is 0 Å². The third kappa shape index (κ3) is 3.40. The lowest BCUT2D eigenvalue weighted by Crippen LogP contribution is -2.23. The highest BCUT2D eigenvalue weighted by Gasteiger charge is 2.21. The van der Waals surface area contributed by atoms with E-state index in [1.54, 1.807) is 0 Å². The summed E-state index contributed by atoms with van der Waals surface area (Å²) in [6, 6.07) is 19.8. The van der Waals surface area contributed by atoms with Crippen LogP contribution in [0.1, 0.15) is 18.6 Å². The van der Waals surface area contributed by atoms with Gasteiger partial charge in [-0.2, -0.15) is 0 Å². The summed E-state index contributed by atoms with van der Waals surface area (Å²) in [6.45, 7) is 1.37. The molecule has 1 aliphatic rings. The molecule has 2 aromatic carbocycles. The molecule has 1 fully saturated rings. The summed E-state index contributed by atoms with van der Waals surface area (Å²) >= 11 is 0. The van der Waals surface area contributed by atoms with Gasteiger partial charge in [0.1, 0.15) is 5.69 Å². The molecule has 0 unspecified atom stereocenters. The fourth-order valence-electron chi connectivity index (χ4n) is 3.01. The Balaban J connectivity index is 1.38. The fourth-order valence-corrected chi connectivity index (χ4v) is 3.01. The van der Waals surface area contributed by atoms with Crippen molar-refractivity contribution in [1.29, 1.82) is 0 Å². The number of amides is 1. The molecule has 5 heteroatoms. The van der Waals surface area contributed by atoms with E-state index in [1.165, 1.54) is 0 Å². The third-order valence-electron chi connectivity index (χ3n) is 4.35. The largest absolute Gasteiger partial charge is 0.378 e. The van der Waals surface area contributed by atoms with Crippen molar-refractivity contribution in [2.24, 2.45) is 0 Å². The summed E-state index contributed by atoms with van der Waals surface area (Å²) in [7, 11) is 0. The van der Waals surface area contributed by atoms with E-state index < -0.39 is 0 Å². The molecule has 2 heterocycles. The number of anilines is 2. The zero-order valence-electron chi connectivity index (χ0n) is 13.8. The minimum atomic E-state index is 0.204. The number of nitrogens with one attached hydrogen (secondary N) is 1. The van der Waals surface area contributed by atoms with Crippen LogP contribution in [0.25, 0.3) is 11.3 Å². The first-order valence-electron chi connectivity index (χ1n) is 8.45. The first-order valence-corrected chi connectivity index (χ1v) is 8.45. The first kappa shape index (κ1) is 15.4. The van der Waals surface area contributed by atoms with Gasteiger partial charge in [-0.05, 0) is 30.7 Å². The van der Waals surface area contributed by atoms with Crippen molar-refractivity contribution < 1.29 is 9.32 Å². The van der Waals surface area contributed by atoms with E-state index >= 15 is 0 Å². The van der Waals surface area contributed by atoms with Gasteiger partial charge >= 0.3 is 0 Å². The Kier molecular flexibility index (Phi) is 4.21. The van der Waals surface area contributed by atoms with Gasteiger partial charge in [0.15, 0.2) is 5.76 Å². The summed E-state index contributed by atoms with van der Waals surface area (Å²) in [4.78, 5) is 13.6. The van der Waals surface area contributed by atoms with E-state index in [1.807, 2.05) is 65.6 Å². The van der Waals surface area contributed by atoms with Crippen molar-refractivity contribution in [2.75, 3.05) is 16.8 Å². The van der Waals surface area contributed by atoms with Crippen molar-refractivity contribution in [3.8, 4) is 11.3 Å². The van der Waals surface area contributed by atoms with Crippen LogP contribution in [0.4, 0.5) is 11.4 Å². The van der Waals surface area contributed by atoms with Gasteiger partial charge < -0.3 is 14.7 Å². The zero-order chi connectivity index (χ0) is 17.1. The van der Waals surface area contributed by atoms with Crippen molar-refractivity contribution in [2.45, 2.75) is 19.4 Å². The molecule has 1 aliphatic heterocycles. The molecule has 0 atom stereocenters. The molecule has 0 radical (unpaired) electrons. The van der Waals surface area contributed by atoms with E-state index in [9.17, 15) is 4.79 Å². The minimum Gasteiger partial charge on any atom is -0.378 e. The quantitative estimate of drug-likeness (QED) is 0.764. The van der Waals surface area contributed by atoms with E-state index in [4.69, 9.17) is 4.52 Å². The lowest BCUT2D eigenvalue weighted by molar-refractivity contribution is -0.117. The zero-order valence-corrected chi connectivity index (χ0v) is 13.8. The van der Waals surface area contributed by atoms with E-state index in [-0.39, 0.29) is 5.91 Å². The predicted octanol–water partition coefficient (Wildman–Crippen LogP) is 4.08. The molecule has 3 aromatic rings. The van der Waals surface area contributed by atoms with Crippen LogP contribution in [0.3, 0.4) is 0 Å². The summed E-state index contributed by atoms with van der Waals surface area (Å²) in [6.07, 6.45) is 1.59. The topological polar surface area (TPSA) is 58.4 Å². The Labute approximate surface area is 146 Å². The molecular weight excluding hydrogens is 314 g/mol. The smallest absolute Gasteiger partial charge is 0.227 e. The number of nitrogens with zero attached hydrogens (tertiary/aromatic N) is 2. The maximum absolute atomic E-state index is 11.8. The van der Waals surface area contributed by atoms with Crippen LogP contribution < -0.4 is 10.2 Å². The Hall–Kier alpha value is -3.08. The van der Waals surface area contributed by atoms with Gasteiger partial charge in [0.2, 0.25) is 5.91 Å². The van der Waals surface area contributed by atoms with Crippen LogP contribution in [0, 0.1) is 0 Å². The number of rotatable bonds is 5. The molecule has 25 heavy (non-hydrogen) atoms. The SMILES string of the molecule is O=C1CCCN1c1ccc(NCc2cc(-c3ccccc3)no2)cc1. The maximum Gasteiger partial charge on any atom is 0.227 e. The Morgan fingerprint density at radius 1 is 1.08 bits per heavy atom. The highest BCUT2D eigenvalue weighted by atomic mass is 16.5. The van der Waals surface area contributed by atoms with Crippen LogP contribution in [0.15, 0.2) is 65.2 Å². The average Bonchev–Trinajstić information content (AvgIpc) is 3.30. The van der Waals surface area contributed by atoms with Gasteiger partial charge in [0, 0.05) is 36.0 Å². The molecule has 0 saturated carbocycles. The number of hydrogen-bond acceptors (Lipinski definition) is 4. The summed E-state index contributed by atoms with van der Waals surface area (Å²) in [5, 5.41) is 7.43. The van der Waals surface area contributed by atoms with Crippen molar-refractivity contribution in [3.05, 3.63) is 66.4 Å². The van der Waals surface area contributed by atoms with Gasteiger partial charge in [-0.15, -0.1) is 0 Å². The van der Waals surface area contributed by atoms with Crippen LogP contribution in [0.5, 0.6) is 0 Å². The Morgan fingerprint density at radius 2 is 1.88 bits per heavy atom. The monoisotopic (exact) mass is 333 g/mol. The molecule has 1 N–H and O–H groups in total. The van der Waals surface area contributed by atoms with Gasteiger partial charge in [0.05, 0.1) is 6.54 Å². The molecule has 1 saturated heterocycles. The van der Waals surface area contributed by atoms with Gasteiger partial charge in [-0.1, -0.05) is 35.5 Å². The molecule has 1 aromatic heterocycles. The highest BCUT2D eigenvalue weighted by Crippen LogP contribution is 2.24. The molecule has 0 aliphatic carbocycles. The normalized spacial score (nSPS) is 14.1. The lowest BCUT2D eigenvalue weighted by Gasteiger charge is -2.16. The molecule has 5 nitrogen and oxygen atoms in total. The summed E-state index contributed by atoms with van der Waals surface area (Å²) in [5.74, 6) is 0.980. The Morgan fingerprint density at radius 3 is 2.60 bits per heavy atom. The average molecular weight is 333 g/mol. The summed E-state index contributed by atoms with van der Waals surface area (Å²) in [5.41, 5.74) is 3.81. The van der Waals surface area contributed by atoms with Crippen LogP contribution in [0.2, 0.25) is 0 Å². The fraction of sp³-hybridized carbons (Fsp3) is 0.200. The first-order chi connectivity index (χ1) is 12.3. The predicted molar refractivity (Wildman–Crippen MR) is 97.3 cm³/mol. The third-order valence-corrected chi connectivity index (χ3v) is 4.35. The Bertz CT molecular complexity index is 856. The van der Waals surface area contributed by atoms with Crippen molar-refractivity contribution >= 4 is 17.3 Å². The second-order valence-corrected chi connectivity index (χ2v) is 6.09. The van der Waals surface area contributed by atoms with Gasteiger partial charge in [0.25, 0.3) is 0 Å². The second kappa shape index (κ2) is 6.81. The molecule has 1 amide bonds. The maximum atomic E-state index is 11.8. The molecule has 0 spiro atoms. The van der Waals surface area contributed by atoms with Crippen LogP contribution in [-0.4, -0.2) is 17.6 Å². The van der Waals surface area contributed by atoms with Gasteiger partial charge in [-0.3, -0.25) is 4.79 Å². The van der Waals surface area contributed by atoms with E-state index in [0.717, 1.165) is 41.4 Å². The second-order valence-electron chi connectivity index (χ2n) is 6.09. The van der Waals surface area contributed by atoms with Gasteiger partial charge in [-0.25, -0.2) is 0 Å². The summed E-state index contributed by atoms with van der Waals surface area (Å²) < 4.78 is 5.39. The number of hydrogen-bond donors (Lipinski definition) is 1. The standard InChI is InChI=1S/C20H19N3O2/c24-20-7-4-12-23(20)17-10-8-16(9-11-17)21-14-18-13-19(22-25-18)15-5-2-1-3-6-15/h1-3,5-6,8-11,13,21H,4,7,12,14H2. The molecule has 4 rings (SSSR count). The number of carbonyl (C=O) groups is 1. The number of aromatic nitrogens is 1. The highest BCUT2D eigenvalue weighted by molar-refractivity contribution is 5.95. The van der Waals surface area contributed by atoms with Crippen molar-refractivity contribution in [1.82, 2.24) is 5.16 Å². The lowest BCUT2D eigenvalue weighted by atomic mass is 10.1. The number of benzene rings is 2. The van der Waals surface area contributed by atoms with Crippen LogP contribution in [-0.2, 0) is 11.3 Å². The number of carbonyl (C=O) groups excluding carboxylic acids is 1. The minimum absolute atomic E-state index is 0.204. The molecule has 0 bridgehead atoms. The van der Waals surface area contributed by atoms with E-state index in [0.29, 0.717) is 13.0 Å². The van der Waals surface area contributed by atoms with Crippen LogP contribution >= 0.6 is 0 Å². The molecular formula is C20H19N3O2. The van der Waals surface area contributed by atoms with E-state index in [2.05, 4.69) is 10.5 Å².